The average molecular weight is 373 g/mol. The monoisotopic (exact) mass is 372 g/mol. The molecule has 1 saturated heterocycles. The van der Waals surface area contributed by atoms with Gasteiger partial charge in [0.05, 0.1) is 12.0 Å². The summed E-state index contributed by atoms with van der Waals surface area (Å²) in [5, 5.41) is 10.2. The highest BCUT2D eigenvalue weighted by Gasteiger charge is 2.48. The zero-order valence-corrected chi connectivity index (χ0v) is 18.0. The van der Waals surface area contributed by atoms with Crippen LogP contribution < -0.4 is 0 Å². The van der Waals surface area contributed by atoms with Gasteiger partial charge < -0.3 is 19.1 Å². The molecule has 1 aliphatic heterocycles. The third-order valence-electron chi connectivity index (χ3n) is 5.96. The quantitative estimate of drug-likeness (QED) is 0.399. The Morgan fingerprint density at radius 1 is 1.12 bits per heavy atom. The average Bonchev–Trinajstić information content (AvgIpc) is 2.52. The van der Waals surface area contributed by atoms with Gasteiger partial charge in [0.15, 0.2) is 0 Å². The number of ether oxygens (including phenoxy) is 1. The lowest BCUT2D eigenvalue weighted by Crippen LogP contribution is -2.52. The van der Waals surface area contributed by atoms with Gasteiger partial charge in [-0.3, -0.25) is 4.79 Å². The summed E-state index contributed by atoms with van der Waals surface area (Å²) in [6.45, 7) is 16.5. The van der Waals surface area contributed by atoms with Crippen molar-refractivity contribution in [3.05, 3.63) is 0 Å². The Morgan fingerprint density at radius 3 is 2.00 bits per heavy atom. The number of hydrogen-bond acceptors (Lipinski definition) is 5. The molecule has 0 amide bonds. The second-order valence-electron chi connectivity index (χ2n) is 8.46. The van der Waals surface area contributed by atoms with Crippen molar-refractivity contribution < 1.29 is 23.9 Å². The van der Waals surface area contributed by atoms with E-state index >= 15 is 0 Å². The van der Waals surface area contributed by atoms with E-state index in [0.29, 0.717) is 23.0 Å². The SMILES string of the molecule is CC(C)[Si](O[C@@H](C=O)C[C@H]1OC(=O)[C@@H](C)[C@H](O)[C@@H]1C)(C(C)C)C(C)C. The van der Waals surface area contributed by atoms with E-state index in [-0.39, 0.29) is 5.92 Å². The number of esters is 1. The topological polar surface area (TPSA) is 72.8 Å². The number of hydrogen-bond donors (Lipinski definition) is 1. The van der Waals surface area contributed by atoms with Gasteiger partial charge in [-0.1, -0.05) is 48.5 Å². The molecular formula is C19H36O5Si. The van der Waals surface area contributed by atoms with Gasteiger partial charge in [-0.05, 0) is 23.5 Å². The summed E-state index contributed by atoms with van der Waals surface area (Å²) in [6, 6.07) is 0. The van der Waals surface area contributed by atoms with E-state index < -0.39 is 38.5 Å². The molecule has 146 valence electrons. The lowest BCUT2D eigenvalue weighted by atomic mass is 9.84. The molecule has 0 aromatic heterocycles. The van der Waals surface area contributed by atoms with Gasteiger partial charge in [0, 0.05) is 12.3 Å². The van der Waals surface area contributed by atoms with Crippen LogP contribution in [0.4, 0.5) is 0 Å². The molecule has 0 aliphatic carbocycles. The van der Waals surface area contributed by atoms with E-state index in [1.807, 2.05) is 6.92 Å². The number of aliphatic hydroxyl groups excluding tert-OH is 1. The first-order chi connectivity index (χ1) is 11.5. The minimum Gasteiger partial charge on any atom is -0.462 e. The maximum absolute atomic E-state index is 11.9. The Kier molecular flexibility index (Phi) is 7.84. The molecule has 0 saturated carbocycles. The maximum Gasteiger partial charge on any atom is 0.311 e. The molecule has 0 bridgehead atoms. The second kappa shape index (κ2) is 8.78. The van der Waals surface area contributed by atoms with Gasteiger partial charge in [0.1, 0.15) is 18.5 Å². The Hall–Kier alpha value is -0.723. The fraction of sp³-hybridized carbons (Fsp3) is 0.895. The van der Waals surface area contributed by atoms with Crippen LogP contribution in [-0.2, 0) is 18.8 Å². The van der Waals surface area contributed by atoms with Crippen molar-refractivity contribution in [2.75, 3.05) is 0 Å². The lowest BCUT2D eigenvalue weighted by Gasteiger charge is -2.44. The maximum atomic E-state index is 11.9. The Labute approximate surface area is 153 Å². The molecule has 0 aromatic rings. The van der Waals surface area contributed by atoms with Crippen molar-refractivity contribution in [1.82, 2.24) is 0 Å². The minimum atomic E-state index is -2.20. The summed E-state index contributed by atoms with van der Waals surface area (Å²) in [5.74, 6) is -1.15. The summed E-state index contributed by atoms with van der Waals surface area (Å²) in [6.07, 6.45) is -0.714. The Morgan fingerprint density at radius 2 is 1.60 bits per heavy atom. The number of aliphatic hydroxyl groups is 1. The van der Waals surface area contributed by atoms with Crippen LogP contribution in [0.1, 0.15) is 61.8 Å². The number of aldehydes is 1. The first-order valence-corrected chi connectivity index (χ1v) is 11.6. The van der Waals surface area contributed by atoms with Crippen molar-refractivity contribution in [2.24, 2.45) is 11.8 Å². The van der Waals surface area contributed by atoms with E-state index in [0.717, 1.165) is 6.29 Å². The Balaban J connectivity index is 2.98. The second-order valence-corrected chi connectivity index (χ2v) is 13.9. The summed E-state index contributed by atoms with van der Waals surface area (Å²) in [7, 11) is -2.20. The van der Waals surface area contributed by atoms with Crippen LogP contribution in [0.25, 0.3) is 0 Å². The normalized spacial score (nSPS) is 29.2. The Bertz CT molecular complexity index is 441. The van der Waals surface area contributed by atoms with Crippen LogP contribution in [0.2, 0.25) is 16.6 Å². The zero-order valence-electron chi connectivity index (χ0n) is 17.0. The van der Waals surface area contributed by atoms with Crippen molar-refractivity contribution in [3.8, 4) is 0 Å². The van der Waals surface area contributed by atoms with Gasteiger partial charge in [0.25, 0.3) is 0 Å². The van der Waals surface area contributed by atoms with E-state index in [1.54, 1.807) is 6.92 Å². The van der Waals surface area contributed by atoms with Crippen molar-refractivity contribution >= 4 is 20.6 Å². The van der Waals surface area contributed by atoms with Gasteiger partial charge in [-0.25, -0.2) is 0 Å². The molecule has 1 rings (SSSR count). The minimum absolute atomic E-state index is 0.216. The van der Waals surface area contributed by atoms with Crippen LogP contribution in [0.3, 0.4) is 0 Å². The molecule has 0 radical (unpaired) electrons. The van der Waals surface area contributed by atoms with Crippen molar-refractivity contribution in [3.63, 3.8) is 0 Å². The first kappa shape index (κ1) is 22.3. The number of cyclic esters (lactones) is 1. The van der Waals surface area contributed by atoms with Gasteiger partial charge >= 0.3 is 5.97 Å². The summed E-state index contributed by atoms with van der Waals surface area (Å²) >= 11 is 0. The van der Waals surface area contributed by atoms with E-state index in [1.165, 1.54) is 0 Å². The molecule has 0 aromatic carbocycles. The predicted molar refractivity (Wildman–Crippen MR) is 101 cm³/mol. The third-order valence-corrected chi connectivity index (χ3v) is 12.1. The van der Waals surface area contributed by atoms with E-state index in [2.05, 4.69) is 41.5 Å². The van der Waals surface area contributed by atoms with Crippen LogP contribution in [0.15, 0.2) is 0 Å². The molecule has 6 heteroatoms. The highest BCUT2D eigenvalue weighted by Crippen LogP contribution is 2.43. The summed E-state index contributed by atoms with van der Waals surface area (Å²) in [5.41, 5.74) is 1.10. The fourth-order valence-corrected chi connectivity index (χ4v) is 9.96. The molecular weight excluding hydrogens is 336 g/mol. The van der Waals surface area contributed by atoms with Crippen LogP contribution in [0, 0.1) is 11.8 Å². The van der Waals surface area contributed by atoms with Gasteiger partial charge in [-0.15, -0.1) is 0 Å². The highest BCUT2D eigenvalue weighted by atomic mass is 28.4. The molecule has 5 nitrogen and oxygen atoms in total. The van der Waals surface area contributed by atoms with Crippen molar-refractivity contribution in [1.29, 1.82) is 0 Å². The molecule has 1 heterocycles. The molecule has 1 N–H and O–H groups in total. The highest BCUT2D eigenvalue weighted by molar-refractivity contribution is 6.77. The van der Waals surface area contributed by atoms with E-state index in [4.69, 9.17) is 9.16 Å². The van der Waals surface area contributed by atoms with Gasteiger partial charge in [0.2, 0.25) is 8.32 Å². The number of rotatable bonds is 8. The molecule has 25 heavy (non-hydrogen) atoms. The molecule has 0 spiro atoms. The van der Waals surface area contributed by atoms with Crippen LogP contribution >= 0.6 is 0 Å². The fourth-order valence-electron chi connectivity index (χ4n) is 4.47. The summed E-state index contributed by atoms with van der Waals surface area (Å²) in [4.78, 5) is 23.7. The van der Waals surface area contributed by atoms with Gasteiger partial charge in [-0.2, -0.15) is 0 Å². The number of carbonyl (C=O) groups excluding carboxylic acids is 2. The smallest absolute Gasteiger partial charge is 0.311 e. The standard InChI is InChI=1S/C19H36O5Si/c1-11(2)25(12(3)4,13(5)6)24-16(10-20)9-17-14(7)18(21)15(8)19(22)23-17/h10-18,21H,9H2,1-8H3/t14-,15+,16-,17-,18-/m1/s1. The number of carbonyl (C=O) groups is 2. The molecule has 1 fully saturated rings. The van der Waals surface area contributed by atoms with E-state index in [9.17, 15) is 14.7 Å². The third kappa shape index (κ3) is 4.52. The predicted octanol–water partition coefficient (Wildman–Crippen LogP) is 3.69. The zero-order chi connectivity index (χ0) is 19.5. The summed E-state index contributed by atoms with van der Waals surface area (Å²) < 4.78 is 12.0. The first-order valence-electron chi connectivity index (χ1n) is 9.50. The van der Waals surface area contributed by atoms with Crippen LogP contribution in [-0.4, -0.2) is 44.0 Å². The largest absolute Gasteiger partial charge is 0.462 e. The van der Waals surface area contributed by atoms with Crippen LogP contribution in [0.5, 0.6) is 0 Å². The molecule has 5 atom stereocenters. The lowest BCUT2D eigenvalue weighted by molar-refractivity contribution is -0.179. The molecule has 0 unspecified atom stereocenters. The van der Waals surface area contributed by atoms with Crippen molar-refractivity contribution in [2.45, 2.75) is 96.7 Å². The molecule has 1 aliphatic rings.